The molecule has 0 saturated carbocycles. The average Bonchev–Trinajstić information content (AvgIpc) is 2.47. The molecule has 1 aliphatic rings. The summed E-state index contributed by atoms with van der Waals surface area (Å²) in [5.74, 6) is 0.810. The second-order valence-corrected chi connectivity index (χ2v) is 4.44. The van der Waals surface area contributed by atoms with E-state index in [-0.39, 0.29) is 5.92 Å². The number of nitrogens with zero attached hydrogens (tertiary/aromatic N) is 1. The van der Waals surface area contributed by atoms with E-state index in [1.807, 2.05) is 30.3 Å². The summed E-state index contributed by atoms with van der Waals surface area (Å²) in [6.45, 7) is 0.635. The maximum absolute atomic E-state index is 9.19. The lowest BCUT2D eigenvalue weighted by Crippen LogP contribution is -2.12. The highest BCUT2D eigenvalue weighted by Crippen LogP contribution is 2.36. The summed E-state index contributed by atoms with van der Waals surface area (Å²) in [4.78, 5) is 0. The van der Waals surface area contributed by atoms with Crippen LogP contribution in [0.4, 0.5) is 0 Å². The van der Waals surface area contributed by atoms with Gasteiger partial charge in [-0.05, 0) is 23.3 Å². The molecule has 0 aliphatic carbocycles. The Balaban J connectivity index is 2.08. The van der Waals surface area contributed by atoms with Gasteiger partial charge in [-0.2, -0.15) is 5.26 Å². The molecule has 3 rings (SSSR count). The fourth-order valence-electron chi connectivity index (χ4n) is 2.34. The first-order chi connectivity index (χ1) is 8.88. The summed E-state index contributed by atoms with van der Waals surface area (Å²) < 4.78 is 5.60. The van der Waals surface area contributed by atoms with Crippen LogP contribution in [0.2, 0.25) is 0 Å². The molecule has 1 atom stereocenters. The minimum atomic E-state index is -0.0441. The molecule has 0 N–H and O–H groups in total. The number of ether oxygens (including phenoxy) is 1. The van der Waals surface area contributed by atoms with E-state index < -0.39 is 0 Å². The van der Waals surface area contributed by atoms with Crippen LogP contribution in [0.5, 0.6) is 5.75 Å². The molecule has 2 aromatic carbocycles. The topological polar surface area (TPSA) is 33.0 Å². The molecule has 0 fully saturated rings. The van der Waals surface area contributed by atoms with Crippen LogP contribution < -0.4 is 4.74 Å². The molecule has 88 valence electrons. The first-order valence-corrected chi connectivity index (χ1v) is 6.10. The second kappa shape index (κ2) is 4.54. The van der Waals surface area contributed by atoms with Crippen molar-refractivity contribution in [3.05, 3.63) is 54.1 Å². The van der Waals surface area contributed by atoms with Crippen LogP contribution in [0.25, 0.3) is 11.1 Å². The fraction of sp³-hybridized carbons (Fsp3) is 0.188. The Kier molecular flexibility index (Phi) is 2.74. The van der Waals surface area contributed by atoms with Crippen molar-refractivity contribution in [1.29, 1.82) is 5.26 Å². The highest BCUT2D eigenvalue weighted by molar-refractivity contribution is 5.66. The van der Waals surface area contributed by atoms with Gasteiger partial charge in [0.15, 0.2) is 0 Å². The molecular weight excluding hydrogens is 222 g/mol. The van der Waals surface area contributed by atoms with Gasteiger partial charge in [0.25, 0.3) is 0 Å². The van der Waals surface area contributed by atoms with E-state index in [2.05, 4.69) is 24.3 Å². The molecule has 2 aromatic rings. The number of rotatable bonds is 1. The Morgan fingerprint density at radius 2 is 1.89 bits per heavy atom. The van der Waals surface area contributed by atoms with Gasteiger partial charge in [0.1, 0.15) is 5.75 Å². The number of hydrogen-bond donors (Lipinski definition) is 0. The monoisotopic (exact) mass is 235 g/mol. The third-order valence-corrected chi connectivity index (χ3v) is 3.31. The Morgan fingerprint density at radius 1 is 1.06 bits per heavy atom. The van der Waals surface area contributed by atoms with Crippen molar-refractivity contribution in [3.63, 3.8) is 0 Å². The Labute approximate surface area is 106 Å². The van der Waals surface area contributed by atoms with E-state index in [0.717, 1.165) is 23.3 Å². The zero-order chi connectivity index (χ0) is 12.4. The molecule has 0 bridgehead atoms. The maximum atomic E-state index is 9.19. The van der Waals surface area contributed by atoms with Crippen molar-refractivity contribution < 1.29 is 4.74 Å². The molecular formula is C16H13NO. The molecule has 1 unspecified atom stereocenters. The minimum absolute atomic E-state index is 0.0441. The van der Waals surface area contributed by atoms with Crippen molar-refractivity contribution in [2.45, 2.75) is 12.3 Å². The number of nitriles is 1. The Morgan fingerprint density at radius 3 is 2.67 bits per heavy atom. The Bertz CT molecular complexity index is 598. The first kappa shape index (κ1) is 10.9. The van der Waals surface area contributed by atoms with Crippen LogP contribution >= 0.6 is 0 Å². The quantitative estimate of drug-likeness (QED) is 0.754. The molecule has 1 aliphatic heterocycles. The van der Waals surface area contributed by atoms with Crippen molar-refractivity contribution in [3.8, 4) is 22.9 Å². The summed E-state index contributed by atoms with van der Waals surface area (Å²) >= 11 is 0. The predicted octanol–water partition coefficient (Wildman–Crippen LogP) is 3.74. The molecule has 0 amide bonds. The van der Waals surface area contributed by atoms with E-state index in [0.29, 0.717) is 6.61 Å². The van der Waals surface area contributed by atoms with Gasteiger partial charge in [0.05, 0.1) is 18.6 Å². The van der Waals surface area contributed by atoms with Gasteiger partial charge in [-0.15, -0.1) is 0 Å². The van der Waals surface area contributed by atoms with Crippen LogP contribution in [0.15, 0.2) is 48.5 Å². The van der Waals surface area contributed by atoms with E-state index in [4.69, 9.17) is 4.74 Å². The van der Waals surface area contributed by atoms with Gasteiger partial charge in [0.2, 0.25) is 0 Å². The van der Waals surface area contributed by atoms with Crippen LogP contribution in [0.1, 0.15) is 17.9 Å². The van der Waals surface area contributed by atoms with Crippen LogP contribution in [0.3, 0.4) is 0 Å². The predicted molar refractivity (Wildman–Crippen MR) is 70.3 cm³/mol. The number of benzene rings is 2. The molecule has 18 heavy (non-hydrogen) atoms. The van der Waals surface area contributed by atoms with Gasteiger partial charge in [0, 0.05) is 12.0 Å². The zero-order valence-electron chi connectivity index (χ0n) is 9.97. The highest BCUT2D eigenvalue weighted by Gasteiger charge is 2.21. The molecule has 2 nitrogen and oxygen atoms in total. The van der Waals surface area contributed by atoms with Crippen molar-refractivity contribution in [2.24, 2.45) is 0 Å². The SMILES string of the molecule is N#CC1CCOc2ccc(-c3ccccc3)cc21. The van der Waals surface area contributed by atoms with Crippen molar-refractivity contribution in [1.82, 2.24) is 0 Å². The third kappa shape index (κ3) is 1.84. The normalized spacial score (nSPS) is 17.4. The van der Waals surface area contributed by atoms with E-state index >= 15 is 0 Å². The van der Waals surface area contributed by atoms with Gasteiger partial charge in [-0.25, -0.2) is 0 Å². The second-order valence-electron chi connectivity index (χ2n) is 4.44. The summed E-state index contributed by atoms with van der Waals surface area (Å²) in [5.41, 5.74) is 3.33. The average molecular weight is 235 g/mol. The zero-order valence-corrected chi connectivity index (χ0v) is 9.97. The molecule has 0 spiro atoms. The minimum Gasteiger partial charge on any atom is -0.493 e. The maximum Gasteiger partial charge on any atom is 0.123 e. The van der Waals surface area contributed by atoms with Crippen LogP contribution in [-0.4, -0.2) is 6.61 Å². The molecule has 0 saturated heterocycles. The van der Waals surface area contributed by atoms with Crippen molar-refractivity contribution >= 4 is 0 Å². The lowest BCUT2D eigenvalue weighted by molar-refractivity contribution is 0.280. The van der Waals surface area contributed by atoms with Crippen molar-refractivity contribution in [2.75, 3.05) is 6.61 Å². The number of fused-ring (bicyclic) bond motifs is 1. The molecule has 2 heteroatoms. The third-order valence-electron chi connectivity index (χ3n) is 3.31. The van der Waals surface area contributed by atoms with Crippen LogP contribution in [-0.2, 0) is 0 Å². The summed E-state index contributed by atoms with van der Waals surface area (Å²) in [7, 11) is 0. The van der Waals surface area contributed by atoms with Gasteiger partial charge < -0.3 is 4.74 Å². The summed E-state index contributed by atoms with van der Waals surface area (Å²) in [6, 6.07) is 18.7. The van der Waals surface area contributed by atoms with Gasteiger partial charge in [-0.3, -0.25) is 0 Å². The van der Waals surface area contributed by atoms with Gasteiger partial charge in [-0.1, -0.05) is 36.4 Å². The summed E-state index contributed by atoms with van der Waals surface area (Å²) in [5, 5.41) is 9.19. The fourth-order valence-corrected chi connectivity index (χ4v) is 2.34. The largest absolute Gasteiger partial charge is 0.493 e. The lowest BCUT2D eigenvalue weighted by Gasteiger charge is -2.22. The highest BCUT2D eigenvalue weighted by atomic mass is 16.5. The van der Waals surface area contributed by atoms with E-state index in [1.165, 1.54) is 5.56 Å². The number of hydrogen-bond acceptors (Lipinski definition) is 2. The molecule has 0 aromatic heterocycles. The first-order valence-electron chi connectivity index (χ1n) is 6.10. The smallest absolute Gasteiger partial charge is 0.123 e. The van der Waals surface area contributed by atoms with Crippen LogP contribution in [0, 0.1) is 11.3 Å². The summed E-state index contributed by atoms with van der Waals surface area (Å²) in [6.07, 6.45) is 0.780. The Hall–Kier alpha value is -2.27. The standard InChI is InChI=1S/C16H13NO/c17-11-14-8-9-18-16-7-6-13(10-15(14)16)12-4-2-1-3-5-12/h1-7,10,14H,8-9H2. The van der Waals surface area contributed by atoms with E-state index in [9.17, 15) is 5.26 Å². The van der Waals surface area contributed by atoms with E-state index in [1.54, 1.807) is 0 Å². The van der Waals surface area contributed by atoms with Gasteiger partial charge >= 0.3 is 0 Å². The molecule has 1 heterocycles. The molecule has 0 radical (unpaired) electrons. The lowest BCUT2D eigenvalue weighted by atomic mass is 9.91.